The van der Waals surface area contributed by atoms with E-state index in [0.29, 0.717) is 55.7 Å². The number of nitrogens with one attached hydrogen (secondary N) is 1. The van der Waals surface area contributed by atoms with E-state index in [1.165, 1.54) is 5.56 Å². The lowest BCUT2D eigenvalue weighted by molar-refractivity contribution is -0.537. The first-order chi connectivity index (χ1) is 17.3. The number of rotatable bonds is 2. The SMILES string of the molecule is N=C([O-])N1CCC(CC(=O)N2CC[N+](=C3c4ncc(Br)cc4CCc4cc(Cl)cc(Cl)c43)CC2)CC1. The first-order valence-corrected chi connectivity index (χ1v) is 13.9. The minimum atomic E-state index is -0.626. The summed E-state index contributed by atoms with van der Waals surface area (Å²) in [5.41, 5.74) is 5.24. The van der Waals surface area contributed by atoms with Crippen molar-refractivity contribution < 1.29 is 14.5 Å². The number of nitrogens with zero attached hydrogens (tertiary/aromatic N) is 4. The molecule has 10 heteroatoms. The number of hydrogen-bond acceptors (Lipinski definition) is 4. The molecule has 0 atom stereocenters. The Hall–Kier alpha value is -2.16. The summed E-state index contributed by atoms with van der Waals surface area (Å²) >= 11 is 16.7. The van der Waals surface area contributed by atoms with Crippen LogP contribution in [0.1, 0.15) is 41.6 Å². The first-order valence-electron chi connectivity index (χ1n) is 12.3. The number of benzene rings is 1. The number of halogens is 3. The van der Waals surface area contributed by atoms with Crippen molar-refractivity contribution in [3.63, 3.8) is 0 Å². The minimum absolute atomic E-state index is 0.170. The molecule has 2 aromatic rings. The zero-order valence-corrected chi connectivity index (χ0v) is 23.0. The predicted molar refractivity (Wildman–Crippen MR) is 142 cm³/mol. The zero-order valence-electron chi connectivity index (χ0n) is 19.9. The monoisotopic (exact) mass is 591 g/mol. The second-order valence-corrected chi connectivity index (χ2v) is 11.5. The van der Waals surface area contributed by atoms with Crippen LogP contribution in [0.25, 0.3) is 0 Å². The van der Waals surface area contributed by atoms with Gasteiger partial charge in [-0.1, -0.05) is 23.2 Å². The molecule has 1 aromatic carbocycles. The molecule has 0 radical (unpaired) electrons. The number of hydrogen-bond donors (Lipinski definition) is 1. The number of likely N-dealkylation sites (tertiary alicyclic amines) is 1. The number of carbonyl (C=O) groups is 1. The van der Waals surface area contributed by atoms with Crippen molar-refractivity contribution >= 4 is 56.8 Å². The summed E-state index contributed by atoms with van der Waals surface area (Å²) in [4.78, 5) is 21.4. The molecule has 3 heterocycles. The Morgan fingerprint density at radius 2 is 1.78 bits per heavy atom. The van der Waals surface area contributed by atoms with Gasteiger partial charge in [-0.3, -0.25) is 10.2 Å². The molecule has 5 rings (SSSR count). The maximum Gasteiger partial charge on any atom is 0.235 e. The molecular formula is C26H28BrCl2N5O2. The van der Waals surface area contributed by atoms with Crippen LogP contribution < -0.4 is 5.11 Å². The lowest BCUT2D eigenvalue weighted by Gasteiger charge is -2.36. The normalized spacial score (nSPS) is 18.5. The quantitative estimate of drug-likeness (QED) is 0.329. The van der Waals surface area contributed by atoms with Crippen molar-refractivity contribution in [3.8, 4) is 0 Å². The summed E-state index contributed by atoms with van der Waals surface area (Å²) in [6, 6.07) is 5.30. The summed E-state index contributed by atoms with van der Waals surface area (Å²) in [6.07, 6.45) is 5.56. The van der Waals surface area contributed by atoms with Crippen LogP contribution >= 0.6 is 39.1 Å². The molecule has 0 spiro atoms. The van der Waals surface area contributed by atoms with Crippen LogP contribution in [0.3, 0.4) is 0 Å². The summed E-state index contributed by atoms with van der Waals surface area (Å²) in [5, 5.41) is 19.8. The van der Waals surface area contributed by atoms with Gasteiger partial charge < -0.3 is 14.9 Å². The fraction of sp³-hybridized carbons (Fsp3) is 0.462. The third-order valence-electron chi connectivity index (χ3n) is 7.51. The Balaban J connectivity index is 1.37. The number of piperidine rings is 1. The highest BCUT2D eigenvalue weighted by Gasteiger charge is 2.34. The molecule has 2 fully saturated rings. The average molecular weight is 593 g/mol. The fourth-order valence-electron chi connectivity index (χ4n) is 5.57. The van der Waals surface area contributed by atoms with Crippen LogP contribution in [0.2, 0.25) is 10.0 Å². The van der Waals surface area contributed by atoms with Gasteiger partial charge in [-0.15, -0.1) is 0 Å². The number of aromatic nitrogens is 1. The minimum Gasteiger partial charge on any atom is -0.846 e. The third-order valence-corrected chi connectivity index (χ3v) is 8.46. The molecule has 0 unspecified atom stereocenters. The van der Waals surface area contributed by atoms with Gasteiger partial charge in [-0.05, 0) is 76.9 Å². The second-order valence-electron chi connectivity index (χ2n) is 9.74. The smallest absolute Gasteiger partial charge is 0.235 e. The maximum absolute atomic E-state index is 13.1. The summed E-state index contributed by atoms with van der Waals surface area (Å²) < 4.78 is 3.26. The Labute approximate surface area is 229 Å². The molecule has 3 aliphatic rings. The van der Waals surface area contributed by atoms with Gasteiger partial charge in [-0.2, -0.15) is 0 Å². The Morgan fingerprint density at radius 1 is 1.08 bits per heavy atom. The van der Waals surface area contributed by atoms with Crippen molar-refractivity contribution in [1.29, 1.82) is 5.41 Å². The van der Waals surface area contributed by atoms with Crippen molar-refractivity contribution in [2.75, 3.05) is 39.3 Å². The number of amidine groups is 1. The van der Waals surface area contributed by atoms with Gasteiger partial charge in [0.2, 0.25) is 11.6 Å². The lowest BCUT2D eigenvalue weighted by Crippen LogP contribution is -2.48. The third kappa shape index (κ3) is 5.27. The van der Waals surface area contributed by atoms with Gasteiger partial charge in [0.1, 0.15) is 5.69 Å². The summed E-state index contributed by atoms with van der Waals surface area (Å²) in [5.74, 6) is 0.441. The van der Waals surface area contributed by atoms with Gasteiger partial charge in [0.25, 0.3) is 0 Å². The first kappa shape index (κ1) is 25.5. The lowest BCUT2D eigenvalue weighted by atomic mass is 9.93. The van der Waals surface area contributed by atoms with Crippen LogP contribution in [0.4, 0.5) is 0 Å². The maximum atomic E-state index is 13.1. The molecule has 190 valence electrons. The number of aryl methyl sites for hydroxylation is 2. The Kier molecular flexibility index (Phi) is 7.56. The Morgan fingerprint density at radius 3 is 2.47 bits per heavy atom. The van der Waals surface area contributed by atoms with Crippen LogP contribution in [-0.4, -0.2) is 76.3 Å². The van der Waals surface area contributed by atoms with E-state index in [-0.39, 0.29) is 11.8 Å². The highest BCUT2D eigenvalue weighted by Crippen LogP contribution is 2.33. The molecule has 1 amide bonds. The van der Waals surface area contributed by atoms with E-state index in [9.17, 15) is 9.90 Å². The Bertz CT molecular complexity index is 1230. The van der Waals surface area contributed by atoms with E-state index >= 15 is 0 Å². The molecular weight excluding hydrogens is 565 g/mol. The van der Waals surface area contributed by atoms with Crippen molar-refractivity contribution in [1.82, 2.24) is 14.8 Å². The van der Waals surface area contributed by atoms with Crippen molar-refractivity contribution in [3.05, 3.63) is 61.3 Å². The van der Waals surface area contributed by atoms with E-state index in [2.05, 4.69) is 26.6 Å². The molecule has 1 aliphatic carbocycles. The van der Waals surface area contributed by atoms with Gasteiger partial charge in [-0.25, -0.2) is 9.56 Å². The van der Waals surface area contributed by atoms with Gasteiger partial charge in [0, 0.05) is 41.2 Å². The molecule has 1 N–H and O–H groups in total. The number of fused-ring (bicyclic) bond motifs is 2. The summed E-state index contributed by atoms with van der Waals surface area (Å²) in [7, 11) is 0. The molecule has 7 nitrogen and oxygen atoms in total. The van der Waals surface area contributed by atoms with E-state index < -0.39 is 6.02 Å². The van der Waals surface area contributed by atoms with Crippen LogP contribution in [0.15, 0.2) is 28.9 Å². The van der Waals surface area contributed by atoms with Crippen molar-refractivity contribution in [2.24, 2.45) is 5.92 Å². The van der Waals surface area contributed by atoms with Gasteiger partial charge in [0.05, 0.1) is 23.7 Å². The van der Waals surface area contributed by atoms with Gasteiger partial charge in [0.15, 0.2) is 13.1 Å². The highest BCUT2D eigenvalue weighted by molar-refractivity contribution is 9.10. The molecule has 2 saturated heterocycles. The van der Waals surface area contributed by atoms with Crippen LogP contribution in [0.5, 0.6) is 0 Å². The number of amides is 1. The highest BCUT2D eigenvalue weighted by atomic mass is 79.9. The standard InChI is InChI=1S/C26H28BrCl2N5O2/c27-19-12-18-2-1-17-13-20(28)14-21(29)23(17)25(24(18)31-15-19)33-9-7-32(8-10-33)22(35)11-16-3-5-34(6-4-16)26(30)36/h12-16H,1-11H2,(H-,30,36). The zero-order chi connectivity index (χ0) is 25.4. The molecule has 0 bridgehead atoms. The topological polar surface area (TPSA) is 86.4 Å². The van der Waals surface area contributed by atoms with E-state index in [1.54, 1.807) is 11.0 Å². The predicted octanol–water partition coefficient (Wildman–Crippen LogP) is 3.34. The van der Waals surface area contributed by atoms with Crippen molar-refractivity contribution in [2.45, 2.75) is 32.1 Å². The number of carbonyl (C=O) groups excluding carboxylic acids is 1. The van der Waals surface area contributed by atoms with E-state index in [0.717, 1.165) is 52.7 Å². The number of pyridine rings is 1. The number of piperazine rings is 1. The van der Waals surface area contributed by atoms with E-state index in [4.69, 9.17) is 33.6 Å². The molecule has 0 saturated carbocycles. The summed E-state index contributed by atoms with van der Waals surface area (Å²) in [6.45, 7) is 3.81. The van der Waals surface area contributed by atoms with Crippen LogP contribution in [-0.2, 0) is 17.6 Å². The largest absolute Gasteiger partial charge is 0.846 e. The molecule has 1 aromatic heterocycles. The fourth-order valence-corrected chi connectivity index (χ4v) is 6.57. The van der Waals surface area contributed by atoms with Crippen LogP contribution in [0, 0.1) is 11.3 Å². The second kappa shape index (κ2) is 10.7. The van der Waals surface area contributed by atoms with Gasteiger partial charge >= 0.3 is 0 Å². The molecule has 2 aliphatic heterocycles. The molecule has 36 heavy (non-hydrogen) atoms. The van der Waals surface area contributed by atoms with E-state index in [1.807, 2.05) is 17.2 Å². The average Bonchev–Trinajstić information content (AvgIpc) is 3.01.